The molecule has 0 fully saturated rings. The standard InChI is InChI=1S/C12H15F4N/c1-11(13,8-17-2)7-9-3-5-10(6-4-9)12(14,15)16/h3-6,17H,7-8H2,1-2H3. The van der Waals surface area contributed by atoms with Crippen molar-refractivity contribution in [1.29, 1.82) is 0 Å². The summed E-state index contributed by atoms with van der Waals surface area (Å²) in [7, 11) is 1.63. The van der Waals surface area contributed by atoms with E-state index in [0.717, 1.165) is 12.1 Å². The second kappa shape index (κ2) is 5.04. The molecule has 5 heteroatoms. The second-order valence-corrected chi connectivity index (χ2v) is 4.32. The van der Waals surface area contributed by atoms with E-state index in [1.807, 2.05) is 0 Å². The van der Waals surface area contributed by atoms with E-state index < -0.39 is 17.4 Å². The van der Waals surface area contributed by atoms with Crippen LogP contribution >= 0.6 is 0 Å². The monoisotopic (exact) mass is 249 g/mol. The van der Waals surface area contributed by atoms with Crippen LogP contribution in [0, 0.1) is 0 Å². The Labute approximate surface area is 97.8 Å². The summed E-state index contributed by atoms with van der Waals surface area (Å²) >= 11 is 0. The molecule has 0 spiro atoms. The molecule has 1 N–H and O–H groups in total. The molecule has 0 aliphatic rings. The lowest BCUT2D eigenvalue weighted by Gasteiger charge is -2.20. The van der Waals surface area contributed by atoms with Crippen molar-refractivity contribution in [2.45, 2.75) is 25.2 Å². The fraction of sp³-hybridized carbons (Fsp3) is 0.500. The Bertz CT molecular complexity index is 354. The van der Waals surface area contributed by atoms with E-state index in [1.165, 1.54) is 19.1 Å². The molecule has 0 saturated heterocycles. The molecule has 17 heavy (non-hydrogen) atoms. The van der Waals surface area contributed by atoms with Gasteiger partial charge in [-0.15, -0.1) is 0 Å². The van der Waals surface area contributed by atoms with Crippen LogP contribution in [0.1, 0.15) is 18.1 Å². The number of nitrogens with one attached hydrogen (secondary N) is 1. The Morgan fingerprint density at radius 1 is 1.06 bits per heavy atom. The van der Waals surface area contributed by atoms with Crippen LogP contribution in [0.15, 0.2) is 24.3 Å². The normalized spacial score (nSPS) is 15.6. The van der Waals surface area contributed by atoms with Gasteiger partial charge in [0.2, 0.25) is 0 Å². The zero-order valence-electron chi connectivity index (χ0n) is 9.74. The van der Waals surface area contributed by atoms with Gasteiger partial charge in [0.05, 0.1) is 5.56 Å². The van der Waals surface area contributed by atoms with Crippen LogP contribution in [0.2, 0.25) is 0 Å². The highest BCUT2D eigenvalue weighted by atomic mass is 19.4. The summed E-state index contributed by atoms with van der Waals surface area (Å²) < 4.78 is 50.7. The molecule has 1 rings (SSSR count). The quantitative estimate of drug-likeness (QED) is 0.808. The smallest absolute Gasteiger partial charge is 0.317 e. The van der Waals surface area contributed by atoms with Gasteiger partial charge in [-0.1, -0.05) is 12.1 Å². The van der Waals surface area contributed by atoms with Crippen LogP contribution in [0.5, 0.6) is 0 Å². The average molecular weight is 249 g/mol. The first kappa shape index (κ1) is 14.0. The third-order valence-electron chi connectivity index (χ3n) is 2.40. The Morgan fingerprint density at radius 3 is 2.00 bits per heavy atom. The van der Waals surface area contributed by atoms with E-state index in [9.17, 15) is 17.6 Å². The van der Waals surface area contributed by atoms with Crippen LogP contribution in [0.25, 0.3) is 0 Å². The molecule has 1 aromatic carbocycles. The maximum absolute atomic E-state index is 13.8. The minimum absolute atomic E-state index is 0.0893. The Hall–Kier alpha value is -1.10. The zero-order valence-corrected chi connectivity index (χ0v) is 9.74. The van der Waals surface area contributed by atoms with Crippen LogP contribution in [0.3, 0.4) is 0 Å². The summed E-state index contributed by atoms with van der Waals surface area (Å²) in [6, 6.07) is 4.59. The minimum atomic E-state index is -4.34. The SMILES string of the molecule is CNCC(C)(F)Cc1ccc(C(F)(F)F)cc1. The van der Waals surface area contributed by atoms with Gasteiger partial charge in [-0.2, -0.15) is 13.2 Å². The van der Waals surface area contributed by atoms with Crippen molar-refractivity contribution in [3.8, 4) is 0 Å². The van der Waals surface area contributed by atoms with Gasteiger partial charge in [-0.3, -0.25) is 0 Å². The van der Waals surface area contributed by atoms with Gasteiger partial charge in [0.1, 0.15) is 5.67 Å². The summed E-state index contributed by atoms with van der Waals surface area (Å²) in [6.07, 6.45) is -4.26. The van der Waals surface area contributed by atoms with Crippen LogP contribution in [-0.2, 0) is 12.6 Å². The Balaban J connectivity index is 2.75. The summed E-state index contributed by atoms with van der Waals surface area (Å²) in [6.45, 7) is 1.58. The molecule has 1 atom stereocenters. The van der Waals surface area contributed by atoms with E-state index in [2.05, 4.69) is 5.32 Å². The third kappa shape index (κ3) is 4.34. The molecule has 0 radical (unpaired) electrons. The molecule has 1 nitrogen and oxygen atoms in total. The highest BCUT2D eigenvalue weighted by Gasteiger charge is 2.30. The molecule has 1 unspecified atom stereocenters. The summed E-state index contributed by atoms with van der Waals surface area (Å²) in [4.78, 5) is 0. The van der Waals surface area contributed by atoms with Gasteiger partial charge in [-0.05, 0) is 31.7 Å². The fourth-order valence-electron chi connectivity index (χ4n) is 1.67. The van der Waals surface area contributed by atoms with Gasteiger partial charge in [0.25, 0.3) is 0 Å². The van der Waals surface area contributed by atoms with E-state index in [1.54, 1.807) is 7.05 Å². The van der Waals surface area contributed by atoms with Crippen molar-refractivity contribution in [1.82, 2.24) is 5.32 Å². The second-order valence-electron chi connectivity index (χ2n) is 4.32. The van der Waals surface area contributed by atoms with Crippen molar-refractivity contribution in [2.24, 2.45) is 0 Å². The minimum Gasteiger partial charge on any atom is -0.317 e. The number of halogens is 4. The van der Waals surface area contributed by atoms with Crippen LogP contribution in [-0.4, -0.2) is 19.3 Å². The van der Waals surface area contributed by atoms with E-state index >= 15 is 0 Å². The number of benzene rings is 1. The summed E-state index contributed by atoms with van der Waals surface area (Å²) in [5.41, 5.74) is -1.62. The van der Waals surface area contributed by atoms with E-state index in [0.29, 0.717) is 5.56 Å². The molecule has 0 bridgehead atoms. The zero-order chi connectivity index (χ0) is 13.1. The van der Waals surface area contributed by atoms with Crippen molar-refractivity contribution in [2.75, 3.05) is 13.6 Å². The van der Waals surface area contributed by atoms with Gasteiger partial charge in [-0.25, -0.2) is 4.39 Å². The average Bonchev–Trinajstić information content (AvgIpc) is 2.16. The highest BCUT2D eigenvalue weighted by Crippen LogP contribution is 2.29. The lowest BCUT2D eigenvalue weighted by atomic mass is 9.97. The molecule has 0 heterocycles. The predicted octanol–water partition coefficient (Wildman–Crippen LogP) is 3.20. The summed E-state index contributed by atoms with van der Waals surface area (Å²) in [5, 5.41) is 2.71. The first-order valence-corrected chi connectivity index (χ1v) is 5.24. The number of hydrogen-bond donors (Lipinski definition) is 1. The van der Waals surface area contributed by atoms with Gasteiger partial charge in [0, 0.05) is 13.0 Å². The first-order valence-electron chi connectivity index (χ1n) is 5.24. The van der Waals surface area contributed by atoms with E-state index in [4.69, 9.17) is 0 Å². The van der Waals surface area contributed by atoms with Crippen molar-refractivity contribution < 1.29 is 17.6 Å². The predicted molar refractivity (Wildman–Crippen MR) is 58.6 cm³/mol. The molecule has 1 aromatic rings. The van der Waals surface area contributed by atoms with Crippen molar-refractivity contribution in [3.63, 3.8) is 0 Å². The van der Waals surface area contributed by atoms with Crippen LogP contribution in [0.4, 0.5) is 17.6 Å². The number of hydrogen-bond acceptors (Lipinski definition) is 1. The molecule has 0 amide bonds. The first-order chi connectivity index (χ1) is 7.74. The molecule has 0 saturated carbocycles. The Morgan fingerprint density at radius 2 is 1.59 bits per heavy atom. The maximum Gasteiger partial charge on any atom is 0.416 e. The number of rotatable bonds is 4. The Kier molecular flexibility index (Phi) is 4.14. The number of alkyl halides is 4. The van der Waals surface area contributed by atoms with Gasteiger partial charge in [0.15, 0.2) is 0 Å². The molecule has 96 valence electrons. The maximum atomic E-state index is 13.8. The van der Waals surface area contributed by atoms with E-state index in [-0.39, 0.29) is 13.0 Å². The molecule has 0 aliphatic heterocycles. The van der Waals surface area contributed by atoms with Crippen molar-refractivity contribution >= 4 is 0 Å². The topological polar surface area (TPSA) is 12.0 Å². The highest BCUT2D eigenvalue weighted by molar-refractivity contribution is 5.25. The lowest BCUT2D eigenvalue weighted by Crippen LogP contribution is -2.33. The van der Waals surface area contributed by atoms with Crippen LogP contribution < -0.4 is 5.32 Å². The molecule has 0 aliphatic carbocycles. The van der Waals surface area contributed by atoms with Gasteiger partial charge >= 0.3 is 6.18 Å². The third-order valence-corrected chi connectivity index (χ3v) is 2.40. The molecule has 0 aromatic heterocycles. The molecular formula is C12H15F4N. The molecular weight excluding hydrogens is 234 g/mol. The lowest BCUT2D eigenvalue weighted by molar-refractivity contribution is -0.137. The van der Waals surface area contributed by atoms with Crippen molar-refractivity contribution in [3.05, 3.63) is 35.4 Å². The van der Waals surface area contributed by atoms with Gasteiger partial charge < -0.3 is 5.32 Å². The fourth-order valence-corrected chi connectivity index (χ4v) is 1.67. The summed E-state index contributed by atoms with van der Waals surface area (Å²) in [5.74, 6) is 0. The largest absolute Gasteiger partial charge is 0.416 e.